The van der Waals surface area contributed by atoms with Crippen LogP contribution in [0.25, 0.3) is 0 Å². The van der Waals surface area contributed by atoms with Crippen LogP contribution >= 0.6 is 0 Å². The summed E-state index contributed by atoms with van der Waals surface area (Å²) in [6, 6.07) is 11.7. The number of carbonyl (C=O) groups excluding carboxylic acids is 4. The van der Waals surface area contributed by atoms with Crippen LogP contribution in [0.3, 0.4) is 0 Å². The molecular formula is C43H63N5O16. The third kappa shape index (κ3) is 12.8. The molecule has 21 nitrogen and oxygen atoms in total. The van der Waals surface area contributed by atoms with Gasteiger partial charge in [0.2, 0.25) is 0 Å². The molecule has 2 aliphatic heterocycles. The summed E-state index contributed by atoms with van der Waals surface area (Å²) < 4.78 is 29.2. The number of ether oxygens (including phenoxy) is 5. The zero-order chi connectivity index (χ0) is 46.9. The number of hydrogen-bond donors (Lipinski definition) is 10. The fraction of sp³-hybridized carbons (Fsp3) is 0.628. The third-order valence-corrected chi connectivity index (χ3v) is 11.5. The number of hydrogen-bond acceptors (Lipinski definition) is 17. The zero-order valence-electron chi connectivity index (χ0n) is 36.5. The molecule has 0 bridgehead atoms. The van der Waals surface area contributed by atoms with Crippen LogP contribution in [0.2, 0.25) is 0 Å². The molecule has 2 saturated heterocycles. The van der Waals surface area contributed by atoms with Crippen LogP contribution in [0.5, 0.6) is 0 Å². The number of rotatable bonds is 13. The molecule has 15 unspecified atom stereocenters. The van der Waals surface area contributed by atoms with Gasteiger partial charge < -0.3 is 80.8 Å². The average Bonchev–Trinajstić information content (AvgIpc) is 3.26. The van der Waals surface area contributed by atoms with Crippen LogP contribution in [0.1, 0.15) is 63.4 Å². The Labute approximate surface area is 371 Å². The summed E-state index contributed by atoms with van der Waals surface area (Å²) in [5.74, 6) is -2.98. The number of alkyl carbamates (subject to hydrolysis) is 2. The Morgan fingerprint density at radius 1 is 0.828 bits per heavy atom. The minimum absolute atomic E-state index is 0.0452. The lowest BCUT2D eigenvalue weighted by Gasteiger charge is -2.53. The van der Waals surface area contributed by atoms with E-state index in [0.717, 1.165) is 5.56 Å². The van der Waals surface area contributed by atoms with Gasteiger partial charge in [-0.2, -0.15) is 5.06 Å². The zero-order valence-corrected chi connectivity index (χ0v) is 36.5. The molecule has 11 N–H and O–H groups in total. The van der Waals surface area contributed by atoms with Gasteiger partial charge >= 0.3 is 24.2 Å². The highest BCUT2D eigenvalue weighted by molar-refractivity contribution is 5.90. The first kappa shape index (κ1) is 50.3. The van der Waals surface area contributed by atoms with Crippen LogP contribution in [-0.4, -0.2) is 165 Å². The lowest BCUT2D eigenvalue weighted by molar-refractivity contribution is -0.309. The largest absolute Gasteiger partial charge is 0.445 e. The Morgan fingerprint density at radius 3 is 2.11 bits per heavy atom. The third-order valence-electron chi connectivity index (χ3n) is 11.5. The van der Waals surface area contributed by atoms with Crippen molar-refractivity contribution in [2.45, 2.75) is 139 Å². The van der Waals surface area contributed by atoms with E-state index in [0.29, 0.717) is 5.06 Å². The van der Waals surface area contributed by atoms with Gasteiger partial charge in [-0.25, -0.2) is 19.2 Å². The fourth-order valence-corrected chi connectivity index (χ4v) is 8.09. The van der Waals surface area contributed by atoms with Crippen molar-refractivity contribution in [2.75, 3.05) is 19.7 Å². The number of urea groups is 1. The molecule has 5 rings (SSSR count). The molecule has 0 radical (unpaired) electrons. The maximum Gasteiger partial charge on any atom is 0.407 e. The van der Waals surface area contributed by atoms with Gasteiger partial charge in [0.25, 0.3) is 0 Å². The number of nitrogens with one attached hydrogen (secondary N) is 3. The lowest BCUT2D eigenvalue weighted by atomic mass is 9.69. The molecule has 1 aliphatic carbocycles. The van der Waals surface area contributed by atoms with Crippen LogP contribution in [0, 0.1) is 11.8 Å². The molecule has 3 fully saturated rings. The van der Waals surface area contributed by atoms with Crippen molar-refractivity contribution in [3.05, 3.63) is 71.8 Å². The molecule has 0 spiro atoms. The minimum atomic E-state index is -1.76. The monoisotopic (exact) mass is 905 g/mol. The first-order valence-electron chi connectivity index (χ1n) is 21.4. The van der Waals surface area contributed by atoms with Crippen LogP contribution in [0.4, 0.5) is 14.4 Å². The van der Waals surface area contributed by atoms with Crippen molar-refractivity contribution in [3.8, 4) is 0 Å². The molecule has 2 aromatic rings. The van der Waals surface area contributed by atoms with E-state index in [1.54, 1.807) is 77.1 Å². The summed E-state index contributed by atoms with van der Waals surface area (Å²) in [5.41, 5.74) is 5.93. The number of amides is 4. The second-order valence-electron chi connectivity index (χ2n) is 17.2. The predicted molar refractivity (Wildman–Crippen MR) is 224 cm³/mol. The number of aliphatic hydroxyl groups excluding tert-OH is 6. The first-order chi connectivity index (χ1) is 30.3. The molecule has 4 amide bonds. The van der Waals surface area contributed by atoms with Crippen molar-refractivity contribution in [2.24, 2.45) is 17.6 Å². The van der Waals surface area contributed by atoms with Crippen LogP contribution in [0.15, 0.2) is 60.7 Å². The molecule has 21 heteroatoms. The smallest absolute Gasteiger partial charge is 0.407 e. The highest BCUT2D eigenvalue weighted by Gasteiger charge is 2.56. The molecule has 3 aliphatic rings. The molecule has 64 heavy (non-hydrogen) atoms. The molecule has 1 saturated carbocycles. The maximum absolute atomic E-state index is 14.4. The van der Waals surface area contributed by atoms with Crippen LogP contribution in [-0.2, 0) is 35.1 Å². The van der Waals surface area contributed by atoms with Gasteiger partial charge in [0.05, 0.1) is 55.2 Å². The van der Waals surface area contributed by atoms with E-state index in [1.807, 2.05) is 6.07 Å². The summed E-state index contributed by atoms with van der Waals surface area (Å²) in [6.45, 7) is 6.75. The number of carbonyl (C=O) groups is 4. The molecule has 2 heterocycles. The summed E-state index contributed by atoms with van der Waals surface area (Å²) in [6.07, 6.45) is -16.0. The van der Waals surface area contributed by atoms with Gasteiger partial charge in [0.15, 0.2) is 6.29 Å². The number of hydroxylamine groups is 2. The van der Waals surface area contributed by atoms with Gasteiger partial charge in [0.1, 0.15) is 42.7 Å². The Balaban J connectivity index is 1.48. The van der Waals surface area contributed by atoms with Gasteiger partial charge in [0, 0.05) is 24.4 Å². The summed E-state index contributed by atoms with van der Waals surface area (Å²) in [5, 5.41) is 74.9. The molecular weight excluding hydrogens is 842 g/mol. The Hall–Kier alpha value is -4.68. The molecule has 2 aromatic carbocycles. The normalized spacial score (nSPS) is 33.0. The lowest BCUT2D eigenvalue weighted by Crippen LogP contribution is -2.70. The van der Waals surface area contributed by atoms with Gasteiger partial charge in [-0.1, -0.05) is 62.4 Å². The summed E-state index contributed by atoms with van der Waals surface area (Å²) >= 11 is 0. The molecule has 15 atom stereocenters. The predicted octanol–water partition coefficient (Wildman–Crippen LogP) is 0.0259. The van der Waals surface area contributed by atoms with E-state index in [4.69, 9.17) is 34.3 Å². The topological polar surface area (TPSA) is 310 Å². The SMILES string of the molecule is CCC1OC(C2C(NC(=O)OC(C)(C)C)CC(NC(=O)N(CCNC(=O)OCc3ccccc3)OC(=O)c3ccccc3)C(OC3OC(CO)C(O)C(N)C3O)C2O)C(C)C(O)C1O. The van der Waals surface area contributed by atoms with Crippen LogP contribution < -0.4 is 21.7 Å². The molecule has 0 aromatic heterocycles. The first-order valence-corrected chi connectivity index (χ1v) is 21.4. The van der Waals surface area contributed by atoms with Crippen molar-refractivity contribution in [1.29, 1.82) is 0 Å². The highest BCUT2D eigenvalue weighted by Crippen LogP contribution is 2.40. The molecule has 356 valence electrons. The van der Waals surface area contributed by atoms with Gasteiger partial charge in [-0.15, -0.1) is 0 Å². The summed E-state index contributed by atoms with van der Waals surface area (Å²) in [7, 11) is 0. The Kier molecular flexibility index (Phi) is 17.7. The minimum Gasteiger partial charge on any atom is -0.445 e. The van der Waals surface area contributed by atoms with Crippen molar-refractivity contribution < 1.29 is 78.3 Å². The van der Waals surface area contributed by atoms with E-state index >= 15 is 0 Å². The van der Waals surface area contributed by atoms with Crippen molar-refractivity contribution in [3.63, 3.8) is 0 Å². The Morgan fingerprint density at radius 2 is 1.48 bits per heavy atom. The van der Waals surface area contributed by atoms with E-state index in [1.165, 1.54) is 12.1 Å². The van der Waals surface area contributed by atoms with E-state index in [2.05, 4.69) is 16.0 Å². The standard InChI is InChI=1S/C43H63N5O16/c1-6-27-33(52)31(50)22(2)36(60-27)29-25(47-42(58)63-43(3,4)5)19-26(37(34(29)53)62-39-35(54)30(44)32(51)28(20-49)61-39)46-40(56)48(64-38(55)24-15-11-8-12-16-24)18-17-45-41(57)59-21-23-13-9-7-10-14-23/h7-16,22,25-37,39,49-54H,6,17-21,44H2,1-5H3,(H,45,57)(H,46,56)(H,47,58). The Bertz CT molecular complexity index is 1820. The average molecular weight is 906 g/mol. The van der Waals surface area contributed by atoms with E-state index in [9.17, 15) is 49.8 Å². The summed E-state index contributed by atoms with van der Waals surface area (Å²) in [4.78, 5) is 59.3. The number of benzene rings is 2. The highest BCUT2D eigenvalue weighted by atomic mass is 16.7. The van der Waals surface area contributed by atoms with E-state index < -0.39 is 134 Å². The quantitative estimate of drug-likeness (QED) is 0.119. The van der Waals surface area contributed by atoms with Gasteiger partial charge in [-0.3, -0.25) is 0 Å². The van der Waals surface area contributed by atoms with E-state index in [-0.39, 0.29) is 31.6 Å². The van der Waals surface area contributed by atoms with Crippen molar-refractivity contribution >= 4 is 24.2 Å². The second kappa shape index (κ2) is 22.5. The van der Waals surface area contributed by atoms with Gasteiger partial charge in [-0.05, 0) is 51.3 Å². The fourth-order valence-electron chi connectivity index (χ4n) is 8.09. The second-order valence-corrected chi connectivity index (χ2v) is 17.2. The number of aliphatic hydroxyl groups is 6. The number of nitrogens with two attached hydrogens (primary N) is 1. The maximum atomic E-state index is 14.4. The van der Waals surface area contributed by atoms with Crippen molar-refractivity contribution in [1.82, 2.24) is 21.0 Å². The number of nitrogens with zero attached hydrogens (tertiary/aromatic N) is 1.